The van der Waals surface area contributed by atoms with Gasteiger partial charge in [0.05, 0.1) is 5.56 Å². The molecule has 0 spiro atoms. The molecule has 0 bridgehead atoms. The summed E-state index contributed by atoms with van der Waals surface area (Å²) >= 11 is 0. The van der Waals surface area contributed by atoms with Crippen molar-refractivity contribution < 1.29 is 19.4 Å². The summed E-state index contributed by atoms with van der Waals surface area (Å²) in [6.45, 7) is 6.31. The summed E-state index contributed by atoms with van der Waals surface area (Å²) in [4.78, 5) is 24.6. The van der Waals surface area contributed by atoms with Gasteiger partial charge in [0.1, 0.15) is 0 Å². The summed E-state index contributed by atoms with van der Waals surface area (Å²) in [5, 5.41) is 9.27. The van der Waals surface area contributed by atoms with Gasteiger partial charge in [0.15, 0.2) is 6.61 Å². The highest BCUT2D eigenvalue weighted by atomic mass is 16.5. The maximum atomic E-state index is 13.2. The van der Waals surface area contributed by atoms with Crippen molar-refractivity contribution in [2.45, 2.75) is 348 Å². The minimum Gasteiger partial charge on any atom is -0.479 e. The first-order chi connectivity index (χ1) is 33.0. The molecule has 0 aromatic heterocycles. The largest absolute Gasteiger partial charge is 0.479 e. The molecule has 1 N–H and O–H groups in total. The van der Waals surface area contributed by atoms with E-state index in [1.54, 1.807) is 0 Å². The molecule has 4 nitrogen and oxygen atoms in total. The molecule has 0 saturated carbocycles. The van der Waals surface area contributed by atoms with Crippen LogP contribution in [0.2, 0.25) is 0 Å². The van der Waals surface area contributed by atoms with Gasteiger partial charge in [0.2, 0.25) is 0 Å². The lowest BCUT2D eigenvalue weighted by Crippen LogP contribution is -2.14. The molecule has 0 aliphatic carbocycles. The van der Waals surface area contributed by atoms with E-state index in [1.165, 1.54) is 312 Å². The van der Waals surface area contributed by atoms with Crippen molar-refractivity contribution in [3.63, 3.8) is 0 Å². The van der Waals surface area contributed by atoms with Crippen molar-refractivity contribution in [3.8, 4) is 0 Å². The summed E-state index contributed by atoms with van der Waals surface area (Å²) in [7, 11) is 0. The smallest absolute Gasteiger partial charge is 0.341 e. The Morgan fingerprint density at radius 2 is 0.537 bits per heavy atom. The molecule has 0 atom stereocenters. The van der Waals surface area contributed by atoms with Gasteiger partial charge in [0.25, 0.3) is 0 Å². The second-order valence-corrected chi connectivity index (χ2v) is 21.4. The zero-order chi connectivity index (χ0) is 48.4. The second-order valence-electron chi connectivity index (χ2n) is 21.4. The van der Waals surface area contributed by atoms with E-state index in [4.69, 9.17) is 4.74 Å². The monoisotopic (exact) mass is 937 g/mol. The quantitative estimate of drug-likeness (QED) is 0.0522. The van der Waals surface area contributed by atoms with E-state index >= 15 is 0 Å². The Balaban J connectivity index is 2.66. The minimum atomic E-state index is -1.10. The van der Waals surface area contributed by atoms with E-state index in [2.05, 4.69) is 32.9 Å². The highest BCUT2D eigenvalue weighted by Crippen LogP contribution is 2.27. The number of aryl methyl sites for hydroxylation is 2. The fourth-order valence-electron chi connectivity index (χ4n) is 10.5. The highest BCUT2D eigenvalue weighted by Gasteiger charge is 2.17. The Morgan fingerprint density at radius 3 is 0.761 bits per heavy atom. The third-order valence-electron chi connectivity index (χ3n) is 14.9. The molecule has 0 aliphatic heterocycles. The fourth-order valence-corrected chi connectivity index (χ4v) is 10.5. The topological polar surface area (TPSA) is 63.6 Å². The molecule has 4 heteroatoms. The van der Waals surface area contributed by atoms with Gasteiger partial charge in [-0.25, -0.2) is 9.59 Å². The second kappa shape index (κ2) is 50.5. The van der Waals surface area contributed by atoms with Crippen LogP contribution in [0.4, 0.5) is 0 Å². The molecule has 1 rings (SSSR count). The van der Waals surface area contributed by atoms with Crippen molar-refractivity contribution in [1.82, 2.24) is 0 Å². The first kappa shape index (κ1) is 63.2. The number of hydrogen-bond donors (Lipinski definition) is 1. The minimum absolute atomic E-state index is 0.488. The molecule has 0 aliphatic rings. The van der Waals surface area contributed by atoms with Crippen molar-refractivity contribution in [3.05, 3.63) is 34.4 Å². The van der Waals surface area contributed by atoms with Crippen molar-refractivity contribution >= 4 is 11.9 Å². The molecule has 1 aromatic carbocycles. The normalized spacial score (nSPS) is 11.5. The summed E-state index contributed by atoms with van der Waals surface area (Å²) in [5.74, 6) is -1.59. The highest BCUT2D eigenvalue weighted by molar-refractivity contribution is 5.91. The van der Waals surface area contributed by atoms with Crippen LogP contribution >= 0.6 is 0 Å². The van der Waals surface area contributed by atoms with Crippen LogP contribution in [0.15, 0.2) is 12.1 Å². The fraction of sp³-hybridized carbons (Fsp3) is 0.873. The lowest BCUT2D eigenvalue weighted by atomic mass is 9.88. The number of aliphatic carboxylic acids is 1. The van der Waals surface area contributed by atoms with Crippen molar-refractivity contribution in [1.29, 1.82) is 0 Å². The summed E-state index contributed by atoms with van der Waals surface area (Å²) in [6.07, 6.45) is 68.8. The molecule has 0 fully saturated rings. The van der Waals surface area contributed by atoms with Gasteiger partial charge in [-0.1, -0.05) is 310 Å². The molecule has 0 amide bonds. The van der Waals surface area contributed by atoms with E-state index in [9.17, 15) is 14.7 Å². The number of ether oxygens (including phenoxy) is 1. The van der Waals surface area contributed by atoms with Gasteiger partial charge in [-0.3, -0.25) is 0 Å². The molecule has 0 unspecified atom stereocenters. The number of carbonyl (C=O) groups is 2. The Hall–Kier alpha value is -1.84. The Kier molecular flexibility index (Phi) is 47.7. The molecular formula is C63H116O4. The van der Waals surface area contributed by atoms with Gasteiger partial charge in [-0.15, -0.1) is 0 Å². The molecule has 392 valence electrons. The van der Waals surface area contributed by atoms with Crippen molar-refractivity contribution in [2.24, 2.45) is 0 Å². The van der Waals surface area contributed by atoms with Crippen LogP contribution < -0.4 is 0 Å². The summed E-state index contributed by atoms with van der Waals surface area (Å²) < 4.78 is 5.26. The average Bonchev–Trinajstić information content (AvgIpc) is 3.33. The molecule has 0 heterocycles. The number of carboxylic acids is 1. The molecule has 0 radical (unpaired) electrons. The SMILES string of the molecule is CCCCCCCCCCCCCCCCCCc1cc(C(=O)OCC(=O)O)cc(CCCCCCCCCCCCCCCCCC)c1CCCCCCCCCCCCCCCCCC. The van der Waals surface area contributed by atoms with Gasteiger partial charge >= 0.3 is 11.9 Å². The number of rotatable bonds is 54. The van der Waals surface area contributed by atoms with Gasteiger partial charge in [-0.2, -0.15) is 0 Å². The predicted octanol–water partition coefficient (Wildman–Crippen LogP) is 21.3. The summed E-state index contributed by atoms with van der Waals surface area (Å²) in [6, 6.07) is 4.16. The lowest BCUT2D eigenvalue weighted by molar-refractivity contribution is -0.140. The first-order valence-corrected chi connectivity index (χ1v) is 30.6. The number of carboxylic acid groups (broad SMARTS) is 1. The number of hydrogen-bond acceptors (Lipinski definition) is 3. The van der Waals surface area contributed by atoms with Gasteiger partial charge in [0, 0.05) is 0 Å². The van der Waals surface area contributed by atoms with Crippen LogP contribution in [-0.4, -0.2) is 23.7 Å². The van der Waals surface area contributed by atoms with Crippen LogP contribution in [0.5, 0.6) is 0 Å². The molecule has 1 aromatic rings. The number of esters is 1. The molecule has 0 saturated heterocycles. The maximum Gasteiger partial charge on any atom is 0.341 e. The van der Waals surface area contributed by atoms with E-state index < -0.39 is 18.5 Å². The first-order valence-electron chi connectivity index (χ1n) is 30.6. The Bertz CT molecular complexity index is 1150. The van der Waals surface area contributed by atoms with E-state index in [-0.39, 0.29) is 0 Å². The van der Waals surface area contributed by atoms with E-state index in [0.717, 1.165) is 32.1 Å². The van der Waals surface area contributed by atoms with Crippen LogP contribution in [0.25, 0.3) is 0 Å². The maximum absolute atomic E-state index is 13.2. The summed E-state index contributed by atoms with van der Waals surface area (Å²) in [5.41, 5.74) is 4.68. The van der Waals surface area contributed by atoms with Crippen LogP contribution in [0, 0.1) is 0 Å². The third-order valence-corrected chi connectivity index (χ3v) is 14.9. The molecule has 67 heavy (non-hydrogen) atoms. The lowest BCUT2D eigenvalue weighted by Gasteiger charge is -2.18. The zero-order valence-electron chi connectivity index (χ0n) is 45.6. The number of unbranched alkanes of at least 4 members (excludes halogenated alkanes) is 45. The zero-order valence-corrected chi connectivity index (χ0v) is 45.6. The third kappa shape index (κ3) is 41.6. The van der Waals surface area contributed by atoms with Gasteiger partial charge in [-0.05, 0) is 67.3 Å². The number of benzene rings is 1. The Morgan fingerprint density at radius 1 is 0.328 bits per heavy atom. The van der Waals surface area contributed by atoms with Crippen LogP contribution in [-0.2, 0) is 28.8 Å². The average molecular weight is 938 g/mol. The van der Waals surface area contributed by atoms with Crippen LogP contribution in [0.3, 0.4) is 0 Å². The molecular weight excluding hydrogens is 821 g/mol. The van der Waals surface area contributed by atoms with E-state index in [1.807, 2.05) is 0 Å². The van der Waals surface area contributed by atoms with Gasteiger partial charge < -0.3 is 9.84 Å². The van der Waals surface area contributed by atoms with Crippen LogP contribution in [0.1, 0.15) is 356 Å². The predicted molar refractivity (Wildman–Crippen MR) is 294 cm³/mol. The standard InChI is InChI=1S/C63H116O4/c1-4-7-10-13-16-19-22-25-28-31-34-37-40-43-46-49-52-58-55-60(63(66)67-57-62(64)65)56-59(53-50-47-44-41-38-35-32-29-26-23-20-17-14-11-8-5-2)61(58)54-51-48-45-42-39-36-33-30-27-24-21-18-15-12-9-6-3/h55-56H,4-54,57H2,1-3H3,(H,64,65). The Labute approximate surface area is 418 Å². The van der Waals surface area contributed by atoms with E-state index in [0.29, 0.717) is 5.56 Å². The number of carbonyl (C=O) groups excluding carboxylic acids is 1. The van der Waals surface area contributed by atoms with Crippen molar-refractivity contribution in [2.75, 3.05) is 6.61 Å².